The lowest BCUT2D eigenvalue weighted by Gasteiger charge is -2.12. The number of halogens is 2. The topological polar surface area (TPSA) is 42.8 Å². The van der Waals surface area contributed by atoms with Crippen LogP contribution < -0.4 is 22.6 Å². The van der Waals surface area contributed by atoms with Gasteiger partial charge in [-0.25, -0.2) is 4.79 Å². The summed E-state index contributed by atoms with van der Waals surface area (Å²) in [5.74, 6) is 0. The molecule has 1 amide bonds. The monoisotopic (exact) mass is 304 g/mol. The van der Waals surface area contributed by atoms with E-state index in [1.165, 1.54) is 30.8 Å². The second kappa shape index (κ2) is 8.25. The molecular weight excluding hydrogens is 287 g/mol. The van der Waals surface area contributed by atoms with Crippen LogP contribution in [0.4, 0.5) is 10.5 Å². The second-order valence-electron chi connectivity index (χ2n) is 4.45. The number of carbonyl (C=O) groups excluding carboxylic acids is 1. The van der Waals surface area contributed by atoms with Gasteiger partial charge in [0.15, 0.2) is 0 Å². The van der Waals surface area contributed by atoms with Gasteiger partial charge in [-0.15, -0.1) is 0 Å². The van der Waals surface area contributed by atoms with E-state index in [-0.39, 0.29) is 12.4 Å². The molecule has 0 bridgehead atoms. The fraction of sp³-hybridized carbons (Fsp3) is 0.462. The highest BCUT2D eigenvalue weighted by Crippen LogP contribution is 2.20. The van der Waals surface area contributed by atoms with Gasteiger partial charge in [-0.3, -0.25) is 5.32 Å². The van der Waals surface area contributed by atoms with E-state index < -0.39 is 6.09 Å². The normalized spacial score (nSPS) is 14.8. The molecule has 106 valence electrons. The summed E-state index contributed by atoms with van der Waals surface area (Å²) in [5, 5.41) is 3.15. The van der Waals surface area contributed by atoms with Crippen LogP contribution >= 0.6 is 11.6 Å². The molecule has 1 fully saturated rings. The first kappa shape index (κ1) is 16.1. The fourth-order valence-corrected chi connectivity index (χ4v) is 2.30. The van der Waals surface area contributed by atoms with E-state index in [0.29, 0.717) is 17.3 Å². The Kier molecular flexibility index (Phi) is 6.99. The van der Waals surface area contributed by atoms with Gasteiger partial charge in [-0.1, -0.05) is 23.7 Å². The molecule has 1 aliphatic rings. The van der Waals surface area contributed by atoms with Crippen molar-refractivity contribution in [2.75, 3.05) is 31.6 Å². The number of carbonyl (C=O) groups is 1. The number of para-hydroxylation sites is 1. The van der Waals surface area contributed by atoms with Crippen LogP contribution in [-0.2, 0) is 4.74 Å². The Labute approximate surface area is 124 Å². The third-order valence-electron chi connectivity index (χ3n) is 3.11. The zero-order valence-corrected chi connectivity index (χ0v) is 12.1. The van der Waals surface area contributed by atoms with Crippen LogP contribution in [0.1, 0.15) is 12.8 Å². The summed E-state index contributed by atoms with van der Waals surface area (Å²) >= 11 is 5.93. The van der Waals surface area contributed by atoms with Crippen molar-refractivity contribution in [3.05, 3.63) is 29.3 Å². The highest BCUT2D eigenvalue weighted by atomic mass is 35.5. The van der Waals surface area contributed by atoms with Crippen LogP contribution in [0, 0.1) is 0 Å². The van der Waals surface area contributed by atoms with Crippen molar-refractivity contribution in [2.24, 2.45) is 0 Å². The average Bonchev–Trinajstić information content (AvgIpc) is 2.85. The molecule has 1 aromatic rings. The summed E-state index contributed by atoms with van der Waals surface area (Å²) in [4.78, 5) is 13.1. The van der Waals surface area contributed by atoms with Crippen LogP contribution in [-0.4, -0.2) is 32.3 Å². The summed E-state index contributed by atoms with van der Waals surface area (Å²) in [6.07, 6.45) is 2.11. The minimum Gasteiger partial charge on any atom is -1.00 e. The molecule has 4 nitrogen and oxygen atoms in total. The van der Waals surface area contributed by atoms with Crippen LogP contribution in [0.5, 0.6) is 0 Å². The molecule has 0 radical (unpaired) electrons. The first-order chi connectivity index (χ1) is 8.75. The lowest BCUT2D eigenvalue weighted by molar-refractivity contribution is -0.887. The van der Waals surface area contributed by atoms with Gasteiger partial charge in [0.2, 0.25) is 0 Å². The van der Waals surface area contributed by atoms with Gasteiger partial charge < -0.3 is 22.0 Å². The van der Waals surface area contributed by atoms with Gasteiger partial charge in [-0.05, 0) is 12.1 Å². The molecule has 19 heavy (non-hydrogen) atoms. The molecule has 0 unspecified atom stereocenters. The highest BCUT2D eigenvalue weighted by Gasteiger charge is 2.15. The van der Waals surface area contributed by atoms with Crippen molar-refractivity contribution >= 4 is 23.4 Å². The highest BCUT2D eigenvalue weighted by molar-refractivity contribution is 6.33. The van der Waals surface area contributed by atoms with Crippen LogP contribution in [0.15, 0.2) is 24.3 Å². The number of likely N-dealkylation sites (tertiary alicyclic amines) is 1. The number of benzene rings is 1. The predicted molar refractivity (Wildman–Crippen MR) is 71.2 cm³/mol. The minimum absolute atomic E-state index is 0. The summed E-state index contributed by atoms with van der Waals surface area (Å²) in [6.45, 7) is 3.71. The van der Waals surface area contributed by atoms with Crippen molar-refractivity contribution in [2.45, 2.75) is 12.8 Å². The summed E-state index contributed by atoms with van der Waals surface area (Å²) in [6, 6.07) is 7.10. The van der Waals surface area contributed by atoms with Crippen molar-refractivity contribution < 1.29 is 26.8 Å². The Balaban J connectivity index is 0.00000180. The maximum Gasteiger partial charge on any atom is 0.411 e. The van der Waals surface area contributed by atoms with Gasteiger partial charge >= 0.3 is 6.09 Å². The number of anilines is 1. The number of hydrogen-bond acceptors (Lipinski definition) is 2. The quantitative estimate of drug-likeness (QED) is 0.716. The van der Waals surface area contributed by atoms with E-state index in [4.69, 9.17) is 16.3 Å². The molecule has 1 heterocycles. The van der Waals surface area contributed by atoms with Crippen LogP contribution in [0.3, 0.4) is 0 Å². The molecule has 0 aliphatic carbocycles. The Bertz CT molecular complexity index is 409. The van der Waals surface area contributed by atoms with Gasteiger partial charge in [0.1, 0.15) is 13.2 Å². The smallest absolute Gasteiger partial charge is 0.411 e. The third-order valence-corrected chi connectivity index (χ3v) is 3.44. The molecule has 0 spiro atoms. The molecule has 2 rings (SSSR count). The molecule has 0 atom stereocenters. The standard InChI is InChI=1S/C13H17ClN2O2.ClH/c14-11-5-1-2-6-12(11)15-13(17)18-10-9-16-7-3-4-8-16;/h1-2,5-6H,3-4,7-10H2,(H,15,17);1H. The van der Waals surface area contributed by atoms with Crippen molar-refractivity contribution in [1.82, 2.24) is 0 Å². The molecule has 1 aliphatic heterocycles. The maximum absolute atomic E-state index is 11.5. The lowest BCUT2D eigenvalue weighted by Crippen LogP contribution is -3.10. The summed E-state index contributed by atoms with van der Waals surface area (Å²) < 4.78 is 5.13. The number of amides is 1. The molecule has 6 heteroatoms. The Hall–Kier alpha value is -0.970. The van der Waals surface area contributed by atoms with Gasteiger partial charge in [0.05, 0.1) is 23.8 Å². The SMILES string of the molecule is O=C(Nc1ccccc1Cl)OCC[NH+]1CCCC1.[Cl-]. The summed E-state index contributed by atoms with van der Waals surface area (Å²) in [5.41, 5.74) is 0.581. The number of quaternary nitrogens is 1. The van der Waals surface area contributed by atoms with Gasteiger partial charge in [0.25, 0.3) is 0 Å². The minimum atomic E-state index is -0.443. The van der Waals surface area contributed by atoms with E-state index >= 15 is 0 Å². The van der Waals surface area contributed by atoms with Gasteiger partial charge in [0, 0.05) is 12.8 Å². The van der Waals surface area contributed by atoms with E-state index in [2.05, 4.69) is 5.32 Å². The number of rotatable bonds is 4. The Morgan fingerprint density at radius 1 is 1.32 bits per heavy atom. The molecule has 0 saturated carbocycles. The first-order valence-electron chi connectivity index (χ1n) is 6.27. The predicted octanol–water partition coefficient (Wildman–Crippen LogP) is -1.43. The molecule has 0 aromatic heterocycles. The van der Waals surface area contributed by atoms with Gasteiger partial charge in [-0.2, -0.15) is 0 Å². The molecule has 1 aromatic carbocycles. The molecular formula is C13H18Cl2N2O2. The zero-order chi connectivity index (χ0) is 12.8. The zero-order valence-electron chi connectivity index (χ0n) is 10.6. The summed E-state index contributed by atoms with van der Waals surface area (Å²) in [7, 11) is 0. The van der Waals surface area contributed by atoms with Crippen molar-refractivity contribution in [1.29, 1.82) is 0 Å². The fourth-order valence-electron chi connectivity index (χ4n) is 2.12. The molecule has 2 N–H and O–H groups in total. The van der Waals surface area contributed by atoms with Crippen LogP contribution in [0.25, 0.3) is 0 Å². The van der Waals surface area contributed by atoms with E-state index in [1.807, 2.05) is 12.1 Å². The maximum atomic E-state index is 11.5. The largest absolute Gasteiger partial charge is 1.00 e. The van der Waals surface area contributed by atoms with Crippen molar-refractivity contribution in [3.8, 4) is 0 Å². The molecule has 1 saturated heterocycles. The number of nitrogens with one attached hydrogen (secondary N) is 2. The lowest BCUT2D eigenvalue weighted by atomic mass is 10.3. The Morgan fingerprint density at radius 2 is 2.00 bits per heavy atom. The number of hydrogen-bond donors (Lipinski definition) is 2. The van der Waals surface area contributed by atoms with Crippen molar-refractivity contribution in [3.63, 3.8) is 0 Å². The Morgan fingerprint density at radius 3 is 2.68 bits per heavy atom. The number of ether oxygens (including phenoxy) is 1. The van der Waals surface area contributed by atoms with E-state index in [0.717, 1.165) is 6.54 Å². The first-order valence-corrected chi connectivity index (χ1v) is 6.65. The average molecular weight is 305 g/mol. The third kappa shape index (κ3) is 5.27. The van der Waals surface area contributed by atoms with E-state index in [9.17, 15) is 4.79 Å². The second-order valence-corrected chi connectivity index (χ2v) is 4.86. The van der Waals surface area contributed by atoms with Crippen LogP contribution in [0.2, 0.25) is 5.02 Å². The van der Waals surface area contributed by atoms with E-state index in [1.54, 1.807) is 12.1 Å².